The zero-order valence-corrected chi connectivity index (χ0v) is 16.1. The number of sulfone groups is 1. The fourth-order valence-corrected chi connectivity index (χ4v) is 4.54. The molecule has 142 valence electrons. The van der Waals surface area contributed by atoms with Crippen LogP contribution in [0.15, 0.2) is 86.4 Å². The molecule has 2 heterocycles. The highest BCUT2D eigenvalue weighted by Crippen LogP contribution is 2.34. The highest BCUT2D eigenvalue weighted by molar-refractivity contribution is 7.91. The minimum atomic E-state index is -3.99. The molecule has 0 aliphatic rings. The number of hydrogen-bond donors (Lipinski definition) is 1. The van der Waals surface area contributed by atoms with E-state index >= 15 is 0 Å². The molecule has 5 nitrogen and oxygen atoms in total. The monoisotopic (exact) mass is 414 g/mol. The largest absolute Gasteiger partial charge is 0.418 e. The van der Waals surface area contributed by atoms with E-state index in [-0.39, 0.29) is 21.7 Å². The van der Waals surface area contributed by atoms with Gasteiger partial charge in [0.25, 0.3) is 0 Å². The molecule has 4 rings (SSSR count). The topological polar surface area (TPSA) is 72.2 Å². The summed E-state index contributed by atoms with van der Waals surface area (Å²) in [5.41, 5.74) is 0.960. The number of oxazole rings is 1. The lowest BCUT2D eigenvalue weighted by Gasteiger charge is -2.06. The Bertz CT molecular complexity index is 1170. The van der Waals surface area contributed by atoms with E-state index in [4.69, 9.17) is 4.42 Å². The zero-order valence-electron chi connectivity index (χ0n) is 14.5. The second-order valence-corrected chi connectivity index (χ2v) is 8.74. The molecular formula is C20H15FN2O3S2. The number of hydrogen-bond acceptors (Lipinski definition) is 6. The number of benzene rings is 2. The lowest BCUT2D eigenvalue weighted by molar-refractivity contribution is 0.577. The maximum Gasteiger partial charge on any atom is 0.240 e. The maximum absolute atomic E-state index is 13.2. The Balaban J connectivity index is 1.74. The molecule has 1 N–H and O–H groups in total. The molecule has 0 amide bonds. The second kappa shape index (κ2) is 7.57. The molecule has 0 fully saturated rings. The van der Waals surface area contributed by atoms with E-state index in [1.54, 1.807) is 6.07 Å². The summed E-state index contributed by atoms with van der Waals surface area (Å²) in [4.78, 5) is 4.89. The first-order chi connectivity index (χ1) is 13.5. The molecule has 0 bridgehead atoms. The average Bonchev–Trinajstić information content (AvgIpc) is 3.37. The van der Waals surface area contributed by atoms with Crippen LogP contribution in [0.5, 0.6) is 0 Å². The van der Waals surface area contributed by atoms with Crippen molar-refractivity contribution in [3.63, 3.8) is 0 Å². The van der Waals surface area contributed by atoms with Crippen LogP contribution in [0.3, 0.4) is 0 Å². The van der Waals surface area contributed by atoms with Crippen molar-refractivity contribution in [2.45, 2.75) is 16.5 Å². The molecule has 2 aromatic carbocycles. The van der Waals surface area contributed by atoms with Gasteiger partial charge in [-0.1, -0.05) is 36.4 Å². The van der Waals surface area contributed by atoms with Crippen LogP contribution in [0, 0.1) is 5.82 Å². The second-order valence-electron chi connectivity index (χ2n) is 5.93. The third kappa shape index (κ3) is 3.69. The number of anilines is 1. The Kier molecular flexibility index (Phi) is 4.97. The first kappa shape index (κ1) is 18.4. The smallest absolute Gasteiger partial charge is 0.240 e. The van der Waals surface area contributed by atoms with Crippen LogP contribution in [0.25, 0.3) is 10.8 Å². The van der Waals surface area contributed by atoms with Gasteiger partial charge in [0, 0.05) is 6.54 Å². The normalized spacial score (nSPS) is 11.5. The molecular weight excluding hydrogens is 399 g/mol. The highest BCUT2D eigenvalue weighted by Gasteiger charge is 2.28. The molecule has 0 spiro atoms. The first-order valence-electron chi connectivity index (χ1n) is 8.37. The molecule has 0 aliphatic heterocycles. The summed E-state index contributed by atoms with van der Waals surface area (Å²) in [5.74, 6) is -0.247. The van der Waals surface area contributed by atoms with E-state index < -0.39 is 15.7 Å². The van der Waals surface area contributed by atoms with E-state index in [0.29, 0.717) is 11.4 Å². The number of thiophene rings is 1. The zero-order chi connectivity index (χ0) is 19.6. The third-order valence-electron chi connectivity index (χ3n) is 4.00. The van der Waals surface area contributed by atoms with E-state index in [1.807, 2.05) is 41.8 Å². The summed E-state index contributed by atoms with van der Waals surface area (Å²) in [6, 6.07) is 17.8. The van der Waals surface area contributed by atoms with Crippen LogP contribution in [0.1, 0.15) is 5.56 Å². The predicted octanol–water partition coefficient (Wildman–Crippen LogP) is 4.99. The summed E-state index contributed by atoms with van der Waals surface area (Å²) in [6.45, 7) is 0.367. The molecule has 0 saturated heterocycles. The van der Waals surface area contributed by atoms with Crippen LogP contribution in [-0.2, 0) is 16.4 Å². The van der Waals surface area contributed by atoms with Crippen LogP contribution >= 0.6 is 11.3 Å². The minimum absolute atomic E-state index is 0.0524. The lowest BCUT2D eigenvalue weighted by Crippen LogP contribution is -2.07. The van der Waals surface area contributed by atoms with Crippen molar-refractivity contribution in [2.24, 2.45) is 0 Å². The number of nitrogens with zero attached hydrogens (tertiary/aromatic N) is 1. The van der Waals surface area contributed by atoms with E-state index in [9.17, 15) is 12.8 Å². The molecule has 4 aromatic rings. The fourth-order valence-electron chi connectivity index (χ4n) is 2.61. The minimum Gasteiger partial charge on any atom is -0.418 e. The Morgan fingerprint density at radius 2 is 1.75 bits per heavy atom. The molecule has 0 saturated carbocycles. The highest BCUT2D eigenvalue weighted by atomic mass is 32.2. The van der Waals surface area contributed by atoms with Gasteiger partial charge in [-0.2, -0.15) is 4.98 Å². The van der Waals surface area contributed by atoms with Crippen LogP contribution < -0.4 is 5.32 Å². The summed E-state index contributed by atoms with van der Waals surface area (Å²) in [6.07, 6.45) is 0. The fraction of sp³-hybridized carbons (Fsp3) is 0.0500. The van der Waals surface area contributed by atoms with Gasteiger partial charge in [-0.3, -0.25) is 0 Å². The summed E-state index contributed by atoms with van der Waals surface area (Å²) in [5, 5.41) is 4.65. The van der Waals surface area contributed by atoms with Gasteiger partial charge in [0.05, 0.1) is 9.77 Å². The van der Waals surface area contributed by atoms with Crippen LogP contribution in [0.4, 0.5) is 10.3 Å². The molecule has 0 aliphatic carbocycles. The number of nitrogens with one attached hydrogen (secondary N) is 1. The van der Waals surface area contributed by atoms with Gasteiger partial charge in [0.2, 0.25) is 26.6 Å². The molecule has 0 unspecified atom stereocenters. The van der Waals surface area contributed by atoms with Crippen molar-refractivity contribution in [3.05, 3.63) is 83.5 Å². The van der Waals surface area contributed by atoms with Crippen molar-refractivity contribution >= 4 is 27.1 Å². The van der Waals surface area contributed by atoms with Crippen LogP contribution in [0.2, 0.25) is 0 Å². The number of aromatic nitrogens is 1. The van der Waals surface area contributed by atoms with Crippen molar-refractivity contribution in [3.8, 4) is 10.8 Å². The Hall–Kier alpha value is -2.97. The van der Waals surface area contributed by atoms with Crippen molar-refractivity contribution in [1.82, 2.24) is 4.98 Å². The summed E-state index contributed by atoms with van der Waals surface area (Å²) >= 11 is 1.39. The SMILES string of the molecule is O=S(=O)(c1ccc(F)cc1)c1nc(-c2cccs2)oc1NCc1ccccc1. The van der Waals surface area contributed by atoms with Crippen molar-refractivity contribution in [1.29, 1.82) is 0 Å². The van der Waals surface area contributed by atoms with Gasteiger partial charge in [-0.15, -0.1) is 11.3 Å². The summed E-state index contributed by atoms with van der Waals surface area (Å²) in [7, 11) is -3.99. The third-order valence-corrected chi connectivity index (χ3v) is 6.54. The maximum atomic E-state index is 13.2. The van der Waals surface area contributed by atoms with E-state index in [0.717, 1.165) is 17.7 Å². The Morgan fingerprint density at radius 3 is 2.43 bits per heavy atom. The van der Waals surface area contributed by atoms with Crippen LogP contribution in [-0.4, -0.2) is 13.4 Å². The summed E-state index contributed by atoms with van der Waals surface area (Å²) < 4.78 is 45.1. The van der Waals surface area contributed by atoms with Crippen molar-refractivity contribution in [2.75, 3.05) is 5.32 Å². The van der Waals surface area contributed by atoms with E-state index in [1.165, 1.54) is 23.5 Å². The first-order valence-corrected chi connectivity index (χ1v) is 10.7. The van der Waals surface area contributed by atoms with Gasteiger partial charge in [0.1, 0.15) is 5.82 Å². The van der Waals surface area contributed by atoms with Gasteiger partial charge in [-0.25, -0.2) is 12.8 Å². The standard InChI is InChI=1S/C20H15FN2O3S2/c21-15-8-10-16(11-9-15)28(24,25)20-19(22-13-14-5-2-1-3-6-14)26-18(23-20)17-7-4-12-27-17/h1-12,22H,13H2. The molecule has 0 atom stereocenters. The Labute approximate surface area is 165 Å². The van der Waals surface area contributed by atoms with Gasteiger partial charge < -0.3 is 9.73 Å². The number of halogens is 1. The number of rotatable bonds is 6. The molecule has 28 heavy (non-hydrogen) atoms. The molecule has 2 aromatic heterocycles. The molecule has 8 heteroatoms. The van der Waals surface area contributed by atoms with Gasteiger partial charge in [-0.05, 0) is 41.3 Å². The predicted molar refractivity (Wildman–Crippen MR) is 105 cm³/mol. The quantitative estimate of drug-likeness (QED) is 0.450. The van der Waals surface area contributed by atoms with Gasteiger partial charge >= 0.3 is 0 Å². The van der Waals surface area contributed by atoms with Crippen molar-refractivity contribution < 1.29 is 17.2 Å². The average molecular weight is 414 g/mol. The van der Waals surface area contributed by atoms with E-state index in [2.05, 4.69) is 10.3 Å². The molecule has 0 radical (unpaired) electrons. The Morgan fingerprint density at radius 1 is 1.00 bits per heavy atom. The lowest BCUT2D eigenvalue weighted by atomic mass is 10.2. The van der Waals surface area contributed by atoms with Gasteiger partial charge in [0.15, 0.2) is 0 Å².